The monoisotopic (exact) mass is 325 g/mol. The van der Waals surface area contributed by atoms with Gasteiger partial charge in [-0.2, -0.15) is 15.2 Å². The van der Waals surface area contributed by atoms with Crippen molar-refractivity contribution in [2.45, 2.75) is 45.1 Å². The lowest BCUT2D eigenvalue weighted by Gasteiger charge is -2.28. The molecule has 126 valence electrons. The fourth-order valence-corrected chi connectivity index (χ4v) is 3.55. The van der Waals surface area contributed by atoms with Crippen LogP contribution in [-0.2, 0) is 7.05 Å². The van der Waals surface area contributed by atoms with Crippen LogP contribution < -0.4 is 5.32 Å². The molecule has 1 N–H and O–H groups in total. The highest BCUT2D eigenvalue weighted by Gasteiger charge is 2.21. The van der Waals surface area contributed by atoms with Gasteiger partial charge in [-0.25, -0.2) is 9.67 Å². The molecule has 7 nitrogen and oxygen atoms in total. The van der Waals surface area contributed by atoms with Gasteiger partial charge in [0.15, 0.2) is 5.65 Å². The van der Waals surface area contributed by atoms with Crippen LogP contribution in [0.5, 0.6) is 0 Å². The van der Waals surface area contributed by atoms with Crippen molar-refractivity contribution in [3.05, 3.63) is 24.8 Å². The summed E-state index contributed by atoms with van der Waals surface area (Å²) in [4.78, 5) is 9.15. The highest BCUT2D eigenvalue weighted by molar-refractivity contribution is 5.76. The lowest BCUT2D eigenvalue weighted by molar-refractivity contribution is 0.327. The third-order valence-corrected chi connectivity index (χ3v) is 4.96. The molecule has 24 heavy (non-hydrogen) atoms. The second-order valence-corrected chi connectivity index (χ2v) is 6.73. The van der Waals surface area contributed by atoms with Crippen LogP contribution in [0.4, 0.5) is 5.95 Å². The molecule has 0 bridgehead atoms. The normalized spacial score (nSPS) is 17.2. The zero-order valence-corrected chi connectivity index (χ0v) is 14.2. The predicted molar refractivity (Wildman–Crippen MR) is 93.1 cm³/mol. The first-order valence-corrected chi connectivity index (χ1v) is 8.67. The molecule has 4 rings (SSSR count). The van der Waals surface area contributed by atoms with E-state index in [1.807, 2.05) is 19.4 Å². The van der Waals surface area contributed by atoms with E-state index in [1.165, 1.54) is 32.1 Å². The van der Waals surface area contributed by atoms with Crippen molar-refractivity contribution in [2.24, 2.45) is 13.0 Å². The molecule has 0 radical (unpaired) electrons. The maximum absolute atomic E-state index is 4.70. The van der Waals surface area contributed by atoms with E-state index in [1.54, 1.807) is 21.8 Å². The highest BCUT2D eigenvalue weighted by Crippen LogP contribution is 2.27. The summed E-state index contributed by atoms with van der Waals surface area (Å²) in [5.74, 6) is 1.38. The number of hydrogen-bond acceptors (Lipinski definition) is 5. The van der Waals surface area contributed by atoms with Gasteiger partial charge in [0.2, 0.25) is 5.95 Å². The van der Waals surface area contributed by atoms with Crippen molar-refractivity contribution in [2.75, 3.05) is 5.32 Å². The average Bonchev–Trinajstić information content (AvgIpc) is 3.21. The molecule has 0 amide bonds. The first kappa shape index (κ1) is 15.1. The minimum Gasteiger partial charge on any atom is -0.351 e. The third kappa shape index (κ3) is 2.86. The average molecular weight is 325 g/mol. The van der Waals surface area contributed by atoms with Crippen molar-refractivity contribution in [1.82, 2.24) is 29.5 Å². The second kappa shape index (κ2) is 6.22. The van der Waals surface area contributed by atoms with Gasteiger partial charge in [-0.3, -0.25) is 4.68 Å². The van der Waals surface area contributed by atoms with Crippen LogP contribution in [-0.4, -0.2) is 35.6 Å². The van der Waals surface area contributed by atoms with Crippen LogP contribution in [0.25, 0.3) is 16.7 Å². The van der Waals surface area contributed by atoms with Gasteiger partial charge in [-0.1, -0.05) is 19.3 Å². The van der Waals surface area contributed by atoms with Gasteiger partial charge in [-0.05, 0) is 25.7 Å². The molecule has 0 aromatic carbocycles. The van der Waals surface area contributed by atoms with E-state index in [2.05, 4.69) is 27.4 Å². The molecule has 0 spiro atoms. The zero-order valence-electron chi connectivity index (χ0n) is 14.2. The molecular formula is C17H23N7. The zero-order chi connectivity index (χ0) is 16.5. The molecule has 1 aliphatic rings. The fourth-order valence-electron chi connectivity index (χ4n) is 3.55. The number of fused-ring (bicyclic) bond motifs is 1. The Morgan fingerprint density at radius 2 is 1.96 bits per heavy atom. The van der Waals surface area contributed by atoms with Crippen molar-refractivity contribution < 1.29 is 0 Å². The molecule has 3 aromatic rings. The van der Waals surface area contributed by atoms with E-state index in [9.17, 15) is 0 Å². The molecule has 1 atom stereocenters. The van der Waals surface area contributed by atoms with Gasteiger partial charge in [0, 0.05) is 19.3 Å². The van der Waals surface area contributed by atoms with E-state index >= 15 is 0 Å². The standard InChI is InChI=1S/C17H23N7/c1-12(13-6-4-3-5-7-13)21-17-18-8-14-9-20-24(16(14)22-17)15-10-19-23(2)11-15/h8-13H,3-7H2,1-2H3,(H,18,21,22). The van der Waals surface area contributed by atoms with Gasteiger partial charge < -0.3 is 5.32 Å². The van der Waals surface area contributed by atoms with Crippen molar-refractivity contribution in [1.29, 1.82) is 0 Å². The number of aromatic nitrogens is 6. The molecule has 1 saturated carbocycles. The van der Waals surface area contributed by atoms with Crippen molar-refractivity contribution in [3.8, 4) is 5.69 Å². The molecular weight excluding hydrogens is 302 g/mol. The van der Waals surface area contributed by atoms with E-state index in [-0.39, 0.29) is 0 Å². The number of nitrogens with zero attached hydrogens (tertiary/aromatic N) is 6. The van der Waals surface area contributed by atoms with Gasteiger partial charge in [0.05, 0.1) is 24.0 Å². The molecule has 0 saturated heterocycles. The maximum Gasteiger partial charge on any atom is 0.224 e. The van der Waals surface area contributed by atoms with Crippen molar-refractivity contribution in [3.63, 3.8) is 0 Å². The molecule has 3 heterocycles. The van der Waals surface area contributed by atoms with Crippen LogP contribution in [0.3, 0.4) is 0 Å². The predicted octanol–water partition coefficient (Wildman–Crippen LogP) is 2.93. The highest BCUT2D eigenvalue weighted by atomic mass is 15.3. The number of rotatable bonds is 4. The van der Waals surface area contributed by atoms with Crippen molar-refractivity contribution >= 4 is 17.0 Å². The quantitative estimate of drug-likeness (QED) is 0.798. The summed E-state index contributed by atoms with van der Waals surface area (Å²) in [6.07, 6.45) is 14.0. The minimum atomic E-state index is 0.387. The summed E-state index contributed by atoms with van der Waals surface area (Å²) < 4.78 is 3.56. The lowest BCUT2D eigenvalue weighted by Crippen LogP contribution is -2.28. The molecule has 1 unspecified atom stereocenters. The number of hydrogen-bond donors (Lipinski definition) is 1. The van der Waals surface area contributed by atoms with E-state index in [4.69, 9.17) is 4.98 Å². The molecule has 1 aliphatic carbocycles. The molecule has 7 heteroatoms. The van der Waals surface area contributed by atoms with Crippen LogP contribution in [0.1, 0.15) is 39.0 Å². The lowest BCUT2D eigenvalue weighted by atomic mass is 9.85. The van der Waals surface area contributed by atoms with E-state index < -0.39 is 0 Å². The Labute approximate surface area is 141 Å². The summed E-state index contributed by atoms with van der Waals surface area (Å²) in [6.45, 7) is 2.24. The summed E-state index contributed by atoms with van der Waals surface area (Å²) in [5.41, 5.74) is 1.70. The molecule has 0 aliphatic heterocycles. The van der Waals surface area contributed by atoms with Crippen LogP contribution in [0, 0.1) is 5.92 Å². The first-order valence-electron chi connectivity index (χ1n) is 8.67. The smallest absolute Gasteiger partial charge is 0.224 e. The summed E-state index contributed by atoms with van der Waals surface area (Å²) in [7, 11) is 1.89. The first-order chi connectivity index (χ1) is 11.7. The number of anilines is 1. The minimum absolute atomic E-state index is 0.387. The Balaban J connectivity index is 1.60. The molecule has 1 fully saturated rings. The summed E-state index contributed by atoms with van der Waals surface area (Å²) >= 11 is 0. The molecule has 3 aromatic heterocycles. The van der Waals surface area contributed by atoms with Gasteiger partial charge in [0.25, 0.3) is 0 Å². The Hall–Kier alpha value is -2.44. The Kier molecular flexibility index (Phi) is 3.92. The van der Waals surface area contributed by atoms with Gasteiger partial charge in [0.1, 0.15) is 5.69 Å². The van der Waals surface area contributed by atoms with E-state index in [0.29, 0.717) is 17.9 Å². The Morgan fingerprint density at radius 1 is 1.12 bits per heavy atom. The van der Waals surface area contributed by atoms with Gasteiger partial charge >= 0.3 is 0 Å². The Bertz CT molecular complexity index is 828. The fraction of sp³-hybridized carbons (Fsp3) is 0.529. The van der Waals surface area contributed by atoms with E-state index in [0.717, 1.165) is 16.7 Å². The number of nitrogens with one attached hydrogen (secondary N) is 1. The maximum atomic E-state index is 4.70. The Morgan fingerprint density at radius 3 is 2.71 bits per heavy atom. The number of aryl methyl sites for hydroxylation is 1. The largest absolute Gasteiger partial charge is 0.351 e. The van der Waals surface area contributed by atoms with Crippen LogP contribution >= 0.6 is 0 Å². The van der Waals surface area contributed by atoms with Crippen LogP contribution in [0.15, 0.2) is 24.8 Å². The van der Waals surface area contributed by atoms with Gasteiger partial charge in [-0.15, -0.1) is 0 Å². The SMILES string of the molecule is CC(Nc1ncc2cnn(-c3cnn(C)c3)c2n1)C1CCCCC1. The van der Waals surface area contributed by atoms with Crippen LogP contribution in [0.2, 0.25) is 0 Å². The topological polar surface area (TPSA) is 73.5 Å². The summed E-state index contributed by atoms with van der Waals surface area (Å²) in [5, 5.41) is 13.0. The second-order valence-electron chi connectivity index (χ2n) is 6.73. The summed E-state index contributed by atoms with van der Waals surface area (Å²) in [6, 6.07) is 0.387. The third-order valence-electron chi connectivity index (χ3n) is 4.96.